The molecule has 2 aromatic rings. The Morgan fingerprint density at radius 1 is 1.09 bits per heavy atom. The van der Waals surface area contributed by atoms with Crippen molar-refractivity contribution in [3.8, 4) is 5.75 Å². The van der Waals surface area contributed by atoms with E-state index in [4.69, 9.17) is 9.47 Å². The van der Waals surface area contributed by atoms with Gasteiger partial charge in [-0.05, 0) is 36.8 Å². The lowest BCUT2D eigenvalue weighted by atomic mass is 10.2. The molecule has 2 aromatic carbocycles. The van der Waals surface area contributed by atoms with E-state index in [-0.39, 0.29) is 4.90 Å². The van der Waals surface area contributed by atoms with Gasteiger partial charge in [-0.1, -0.05) is 18.2 Å². The van der Waals surface area contributed by atoms with Gasteiger partial charge in [0.15, 0.2) is 0 Å². The van der Waals surface area contributed by atoms with Crippen molar-refractivity contribution in [2.24, 2.45) is 0 Å². The lowest BCUT2D eigenvalue weighted by Gasteiger charge is -2.14. The van der Waals surface area contributed by atoms with Gasteiger partial charge in [0.2, 0.25) is 0 Å². The monoisotopic (exact) mass is 321 g/mol. The van der Waals surface area contributed by atoms with Crippen LogP contribution in [-0.2, 0) is 21.4 Å². The molecule has 0 saturated carbocycles. The van der Waals surface area contributed by atoms with E-state index in [9.17, 15) is 8.42 Å². The van der Waals surface area contributed by atoms with Gasteiger partial charge in [0.05, 0.1) is 24.3 Å². The zero-order valence-electron chi connectivity index (χ0n) is 12.8. The molecule has 0 atom stereocenters. The molecule has 0 heterocycles. The number of rotatable bonds is 6. The van der Waals surface area contributed by atoms with E-state index in [2.05, 4.69) is 4.72 Å². The van der Waals surface area contributed by atoms with Crippen LogP contribution < -0.4 is 9.46 Å². The van der Waals surface area contributed by atoms with Gasteiger partial charge < -0.3 is 9.47 Å². The molecule has 1 N–H and O–H groups in total. The molecule has 0 bridgehead atoms. The largest absolute Gasteiger partial charge is 0.497 e. The van der Waals surface area contributed by atoms with Crippen LogP contribution >= 0.6 is 0 Å². The molecule has 2 rings (SSSR count). The van der Waals surface area contributed by atoms with Gasteiger partial charge in [0.1, 0.15) is 5.75 Å². The Kier molecular flexibility index (Phi) is 5.05. The van der Waals surface area contributed by atoms with Crippen LogP contribution in [-0.4, -0.2) is 22.6 Å². The summed E-state index contributed by atoms with van der Waals surface area (Å²) in [6.45, 7) is 2.07. The van der Waals surface area contributed by atoms with Crippen molar-refractivity contribution in [2.75, 3.05) is 18.9 Å². The highest BCUT2D eigenvalue weighted by Gasteiger charge is 2.18. The maximum atomic E-state index is 12.6. The van der Waals surface area contributed by atoms with Crippen LogP contribution in [0.2, 0.25) is 0 Å². The Hall–Kier alpha value is -2.05. The highest BCUT2D eigenvalue weighted by atomic mass is 32.2. The molecule has 0 unspecified atom stereocenters. The standard InChI is InChI=1S/C16H19NO4S/c1-12-10-14(21-3)8-9-16(12)22(18,19)17-15-7-5-4-6-13(15)11-20-2/h4-10,17H,11H2,1-3H3. The SMILES string of the molecule is COCc1ccccc1NS(=O)(=O)c1ccc(OC)cc1C. The van der Waals surface area contributed by atoms with Crippen LogP contribution in [0.1, 0.15) is 11.1 Å². The zero-order chi connectivity index (χ0) is 16.2. The van der Waals surface area contributed by atoms with E-state index >= 15 is 0 Å². The minimum Gasteiger partial charge on any atom is -0.497 e. The highest BCUT2D eigenvalue weighted by molar-refractivity contribution is 7.92. The third-order valence-electron chi connectivity index (χ3n) is 3.23. The average Bonchev–Trinajstić information content (AvgIpc) is 2.48. The molecule has 0 aromatic heterocycles. The molecular weight excluding hydrogens is 302 g/mol. The van der Waals surface area contributed by atoms with Crippen molar-refractivity contribution in [1.82, 2.24) is 0 Å². The first-order valence-electron chi connectivity index (χ1n) is 6.72. The fourth-order valence-electron chi connectivity index (χ4n) is 2.15. The molecule has 5 nitrogen and oxygen atoms in total. The number of aryl methyl sites for hydroxylation is 1. The average molecular weight is 321 g/mol. The van der Waals surface area contributed by atoms with Crippen LogP contribution in [0.15, 0.2) is 47.4 Å². The van der Waals surface area contributed by atoms with Gasteiger partial charge in [-0.2, -0.15) is 0 Å². The van der Waals surface area contributed by atoms with Crippen LogP contribution in [0.4, 0.5) is 5.69 Å². The summed E-state index contributed by atoms with van der Waals surface area (Å²) in [6, 6.07) is 12.0. The van der Waals surface area contributed by atoms with Crippen molar-refractivity contribution in [3.05, 3.63) is 53.6 Å². The minimum atomic E-state index is -3.67. The summed E-state index contributed by atoms with van der Waals surface area (Å²) in [5.41, 5.74) is 1.91. The van der Waals surface area contributed by atoms with E-state index < -0.39 is 10.0 Å². The molecular formula is C16H19NO4S. The van der Waals surface area contributed by atoms with Crippen LogP contribution in [0.3, 0.4) is 0 Å². The van der Waals surface area contributed by atoms with Crippen LogP contribution in [0.25, 0.3) is 0 Å². The van der Waals surface area contributed by atoms with Gasteiger partial charge in [-0.15, -0.1) is 0 Å². The highest BCUT2D eigenvalue weighted by Crippen LogP contribution is 2.25. The number of sulfonamides is 1. The topological polar surface area (TPSA) is 64.6 Å². The van der Waals surface area contributed by atoms with Gasteiger partial charge >= 0.3 is 0 Å². The van der Waals surface area contributed by atoms with E-state index in [1.165, 1.54) is 6.07 Å². The van der Waals surface area contributed by atoms with E-state index in [1.54, 1.807) is 45.4 Å². The number of methoxy groups -OCH3 is 2. The predicted octanol–water partition coefficient (Wildman–Crippen LogP) is 2.95. The number of anilines is 1. The number of ether oxygens (including phenoxy) is 2. The molecule has 0 amide bonds. The molecule has 0 spiro atoms. The van der Waals surface area contributed by atoms with Gasteiger partial charge in [0, 0.05) is 12.7 Å². The fraction of sp³-hybridized carbons (Fsp3) is 0.250. The van der Waals surface area contributed by atoms with E-state index in [0.29, 0.717) is 23.6 Å². The van der Waals surface area contributed by atoms with E-state index in [0.717, 1.165) is 5.56 Å². The quantitative estimate of drug-likeness (QED) is 0.888. The second-order valence-electron chi connectivity index (χ2n) is 4.83. The van der Waals surface area contributed by atoms with Gasteiger partial charge in [-0.3, -0.25) is 4.72 Å². The lowest BCUT2D eigenvalue weighted by molar-refractivity contribution is 0.185. The molecule has 0 aliphatic rings. The fourth-order valence-corrected chi connectivity index (χ4v) is 3.48. The maximum absolute atomic E-state index is 12.6. The number of hydrogen-bond donors (Lipinski definition) is 1. The Bertz CT molecular complexity index is 756. The Labute approximate surface area is 130 Å². The maximum Gasteiger partial charge on any atom is 0.262 e. The third-order valence-corrected chi connectivity index (χ3v) is 4.76. The Morgan fingerprint density at radius 3 is 2.45 bits per heavy atom. The first kappa shape index (κ1) is 16.3. The molecule has 6 heteroatoms. The summed E-state index contributed by atoms with van der Waals surface area (Å²) in [7, 11) is -0.559. The van der Waals surface area contributed by atoms with E-state index in [1.807, 2.05) is 12.1 Å². The van der Waals surface area contributed by atoms with Crippen molar-refractivity contribution in [3.63, 3.8) is 0 Å². The van der Waals surface area contributed by atoms with Crippen molar-refractivity contribution < 1.29 is 17.9 Å². The number of hydrogen-bond acceptors (Lipinski definition) is 4. The number of para-hydroxylation sites is 1. The molecule has 118 valence electrons. The van der Waals surface area contributed by atoms with Crippen LogP contribution in [0, 0.1) is 6.92 Å². The summed E-state index contributed by atoms with van der Waals surface area (Å²) in [6.07, 6.45) is 0. The summed E-state index contributed by atoms with van der Waals surface area (Å²) in [5.74, 6) is 0.622. The number of benzene rings is 2. The summed E-state index contributed by atoms with van der Waals surface area (Å²) < 4.78 is 38.0. The second-order valence-corrected chi connectivity index (χ2v) is 6.48. The summed E-state index contributed by atoms with van der Waals surface area (Å²) in [5, 5.41) is 0. The molecule has 22 heavy (non-hydrogen) atoms. The summed E-state index contributed by atoms with van der Waals surface area (Å²) in [4.78, 5) is 0.223. The molecule has 0 fully saturated rings. The molecule has 0 aliphatic heterocycles. The lowest BCUT2D eigenvalue weighted by Crippen LogP contribution is -2.15. The van der Waals surface area contributed by atoms with Gasteiger partial charge in [0.25, 0.3) is 10.0 Å². The van der Waals surface area contributed by atoms with Crippen LogP contribution in [0.5, 0.6) is 5.75 Å². The predicted molar refractivity (Wildman–Crippen MR) is 85.7 cm³/mol. The first-order chi connectivity index (χ1) is 10.5. The summed E-state index contributed by atoms with van der Waals surface area (Å²) >= 11 is 0. The first-order valence-corrected chi connectivity index (χ1v) is 8.20. The number of nitrogens with one attached hydrogen (secondary N) is 1. The molecule has 0 saturated heterocycles. The van der Waals surface area contributed by atoms with Crippen molar-refractivity contribution >= 4 is 15.7 Å². The smallest absolute Gasteiger partial charge is 0.262 e. The second kappa shape index (κ2) is 6.81. The van der Waals surface area contributed by atoms with Crippen molar-refractivity contribution in [1.29, 1.82) is 0 Å². The third kappa shape index (κ3) is 3.58. The molecule has 0 radical (unpaired) electrons. The zero-order valence-corrected chi connectivity index (χ0v) is 13.6. The Morgan fingerprint density at radius 2 is 1.82 bits per heavy atom. The molecule has 0 aliphatic carbocycles. The normalized spacial score (nSPS) is 11.2. The van der Waals surface area contributed by atoms with Gasteiger partial charge in [-0.25, -0.2) is 8.42 Å². The van der Waals surface area contributed by atoms with Crippen molar-refractivity contribution in [2.45, 2.75) is 18.4 Å². The Balaban J connectivity index is 2.36. The minimum absolute atomic E-state index is 0.223.